The minimum atomic E-state index is -1.21. The van der Waals surface area contributed by atoms with Crippen molar-refractivity contribution in [3.8, 4) is 0 Å². The van der Waals surface area contributed by atoms with Gasteiger partial charge in [-0.05, 0) is 65.0 Å². The summed E-state index contributed by atoms with van der Waals surface area (Å²) >= 11 is 0. The Balaban J connectivity index is 0.00000264. The van der Waals surface area contributed by atoms with E-state index in [1.807, 2.05) is 0 Å². The fourth-order valence-electron chi connectivity index (χ4n) is 4.25. The number of carbonyl (C=O) groups is 1. The molecule has 1 fully saturated rings. The topological polar surface area (TPSA) is 29.1 Å². The zero-order valence-electron chi connectivity index (χ0n) is 15.4. The van der Waals surface area contributed by atoms with Crippen molar-refractivity contribution in [2.45, 2.75) is 59.0 Å². The van der Waals surface area contributed by atoms with Gasteiger partial charge >= 0.3 is 0 Å². The summed E-state index contributed by atoms with van der Waals surface area (Å²) in [4.78, 5) is 13.3. The van der Waals surface area contributed by atoms with E-state index in [1.54, 1.807) is 0 Å². The van der Waals surface area contributed by atoms with E-state index < -0.39 is 7.26 Å². The second-order valence-electron chi connectivity index (χ2n) is 6.70. The quantitative estimate of drug-likeness (QED) is 0.640. The summed E-state index contributed by atoms with van der Waals surface area (Å²) in [6.45, 7) is 11.1. The monoisotopic (exact) mass is 409 g/mol. The molecule has 1 aromatic rings. The number of hydrogen-bond donors (Lipinski definition) is 1. The number of carbonyl (C=O) groups excluding carboxylic acids is 1. The van der Waals surface area contributed by atoms with Gasteiger partial charge in [0.1, 0.15) is 0 Å². The van der Waals surface area contributed by atoms with Crippen LogP contribution in [0.4, 0.5) is 5.69 Å². The number of aryl methyl sites for hydroxylation is 2. The van der Waals surface area contributed by atoms with Crippen molar-refractivity contribution in [3.05, 3.63) is 29.3 Å². The minimum Gasteiger partial charge on any atom is -0.322 e. The van der Waals surface area contributed by atoms with E-state index in [9.17, 15) is 4.79 Å². The summed E-state index contributed by atoms with van der Waals surface area (Å²) in [5.74, 6) is 0.301. The van der Waals surface area contributed by atoms with Gasteiger partial charge in [0.25, 0.3) is 5.91 Å². The predicted molar refractivity (Wildman–Crippen MR) is 99.7 cm³/mol. The van der Waals surface area contributed by atoms with Gasteiger partial charge in [0.05, 0.1) is 18.5 Å². The van der Waals surface area contributed by atoms with Crippen molar-refractivity contribution in [2.75, 3.05) is 23.8 Å². The molecule has 0 saturated heterocycles. The first-order chi connectivity index (χ1) is 10.5. The molecule has 1 amide bonds. The van der Waals surface area contributed by atoms with Crippen molar-refractivity contribution < 1.29 is 37.5 Å². The Hall–Kier alpha value is 0.224. The first-order valence-corrected chi connectivity index (χ1v) is 11.0. The van der Waals surface area contributed by atoms with Crippen LogP contribution in [0.5, 0.6) is 0 Å². The summed E-state index contributed by atoms with van der Waals surface area (Å²) in [7, 11) is -1.21. The molecule has 2 nitrogen and oxygen atoms in total. The Morgan fingerprint density at radius 1 is 1.09 bits per heavy atom. The third-order valence-corrected chi connectivity index (χ3v) is 12.1. The van der Waals surface area contributed by atoms with Crippen LogP contribution < -0.4 is 5.32 Å². The second kappa shape index (κ2) is 8.55. The van der Waals surface area contributed by atoms with Crippen LogP contribution in [0.15, 0.2) is 18.2 Å². The third kappa shape index (κ3) is 3.60. The molecule has 0 atom stereocenters. The van der Waals surface area contributed by atoms with E-state index in [1.165, 1.54) is 24.9 Å². The molecule has 0 spiro atoms. The first kappa shape index (κ1) is 21.3. The fraction of sp³-hybridized carbons (Fsp3) is 0.632. The molecule has 0 heterocycles. The van der Waals surface area contributed by atoms with Crippen LogP contribution in [0.25, 0.3) is 0 Å². The molecular formula is C19H31NOPY+. The van der Waals surface area contributed by atoms with Crippen LogP contribution in [0.3, 0.4) is 0 Å². The summed E-state index contributed by atoms with van der Waals surface area (Å²) in [6, 6.07) is 6.22. The van der Waals surface area contributed by atoms with Crippen molar-refractivity contribution in [1.29, 1.82) is 0 Å². The number of anilines is 1. The van der Waals surface area contributed by atoms with Gasteiger partial charge in [-0.2, -0.15) is 0 Å². The maximum Gasteiger partial charge on any atom is 0.268 e. The maximum atomic E-state index is 13.3. The molecule has 2 rings (SSSR count). The molecule has 1 saturated carbocycles. The zero-order chi connectivity index (χ0) is 16.4. The van der Waals surface area contributed by atoms with Crippen molar-refractivity contribution >= 4 is 18.9 Å². The first-order valence-electron chi connectivity index (χ1n) is 8.70. The SMILES string of the molecule is CC[P+](CC)(CC)C1(C(=O)Nc2c(C)cccc2C)CCC1.[Y]. The van der Waals surface area contributed by atoms with E-state index in [2.05, 4.69) is 58.1 Å². The van der Waals surface area contributed by atoms with E-state index in [-0.39, 0.29) is 37.9 Å². The van der Waals surface area contributed by atoms with Crippen LogP contribution in [0, 0.1) is 13.8 Å². The number of amides is 1. The summed E-state index contributed by atoms with van der Waals surface area (Å²) in [6.07, 6.45) is 6.97. The average molecular weight is 409 g/mol. The molecule has 125 valence electrons. The fourth-order valence-corrected chi connectivity index (χ4v) is 9.16. The number of benzene rings is 1. The van der Waals surface area contributed by atoms with E-state index in [0.29, 0.717) is 5.91 Å². The van der Waals surface area contributed by atoms with Gasteiger partial charge in [0.15, 0.2) is 5.16 Å². The molecular weight excluding hydrogens is 378 g/mol. The van der Waals surface area contributed by atoms with E-state index >= 15 is 0 Å². The number of hydrogen-bond acceptors (Lipinski definition) is 1. The Labute approximate surface area is 167 Å². The van der Waals surface area contributed by atoms with Crippen LogP contribution in [0.2, 0.25) is 0 Å². The van der Waals surface area contributed by atoms with Crippen LogP contribution in [0.1, 0.15) is 51.2 Å². The van der Waals surface area contributed by atoms with Gasteiger partial charge in [-0.25, -0.2) is 0 Å². The van der Waals surface area contributed by atoms with Gasteiger partial charge in [-0.1, -0.05) is 18.2 Å². The largest absolute Gasteiger partial charge is 0.322 e. The number of para-hydroxylation sites is 1. The van der Waals surface area contributed by atoms with Gasteiger partial charge in [-0.15, -0.1) is 0 Å². The minimum absolute atomic E-state index is 0. The smallest absolute Gasteiger partial charge is 0.268 e. The normalized spacial score (nSPS) is 16.2. The Kier molecular flexibility index (Phi) is 7.90. The Bertz CT molecular complexity index is 522. The van der Waals surface area contributed by atoms with Gasteiger partial charge < -0.3 is 5.32 Å². The molecule has 1 aromatic carbocycles. The standard InChI is InChI=1S/C19H30NOP.Y/c1-6-22(7-2,8-3)19(13-10-14-19)18(21)20-17-15(4)11-9-12-16(17)5;/h9,11-12H,6-8,10,13-14H2,1-5H3;/p+1. The Morgan fingerprint density at radius 2 is 1.57 bits per heavy atom. The van der Waals surface area contributed by atoms with Crippen molar-refractivity contribution in [1.82, 2.24) is 0 Å². The summed E-state index contributed by atoms with van der Waals surface area (Å²) in [5.41, 5.74) is 3.35. The van der Waals surface area contributed by atoms with Crippen LogP contribution in [-0.2, 0) is 37.5 Å². The average Bonchev–Trinajstić information content (AvgIpc) is 2.46. The number of rotatable bonds is 6. The molecule has 0 bridgehead atoms. The molecule has 0 aromatic heterocycles. The van der Waals surface area contributed by atoms with Crippen LogP contribution in [-0.4, -0.2) is 29.5 Å². The number of nitrogens with one attached hydrogen (secondary N) is 1. The summed E-state index contributed by atoms with van der Waals surface area (Å²) in [5, 5.41) is 3.26. The van der Waals surface area contributed by atoms with Gasteiger partial charge in [0.2, 0.25) is 0 Å². The predicted octanol–water partition coefficient (Wildman–Crippen LogP) is 5.24. The maximum absolute atomic E-state index is 13.3. The molecule has 0 unspecified atom stereocenters. The van der Waals surface area contributed by atoms with Crippen molar-refractivity contribution in [3.63, 3.8) is 0 Å². The molecule has 4 heteroatoms. The van der Waals surface area contributed by atoms with Gasteiger partial charge in [-0.3, -0.25) is 4.79 Å². The Morgan fingerprint density at radius 3 is 1.91 bits per heavy atom. The van der Waals surface area contributed by atoms with Crippen LogP contribution >= 0.6 is 7.26 Å². The summed E-state index contributed by atoms with van der Waals surface area (Å²) < 4.78 is 0. The molecule has 1 N–H and O–H groups in total. The molecule has 23 heavy (non-hydrogen) atoms. The molecule has 1 radical (unpaired) electrons. The second-order valence-corrected chi connectivity index (χ2v) is 11.7. The van der Waals surface area contributed by atoms with E-state index in [4.69, 9.17) is 0 Å². The van der Waals surface area contributed by atoms with Gasteiger partial charge in [0, 0.05) is 45.7 Å². The molecule has 1 aliphatic rings. The third-order valence-electron chi connectivity index (χ3n) is 6.05. The van der Waals surface area contributed by atoms with E-state index in [0.717, 1.165) is 29.7 Å². The molecule has 1 aliphatic carbocycles. The zero-order valence-corrected chi connectivity index (χ0v) is 19.1. The van der Waals surface area contributed by atoms with Crippen molar-refractivity contribution in [2.24, 2.45) is 0 Å². The molecule has 0 aliphatic heterocycles.